The lowest BCUT2D eigenvalue weighted by atomic mass is 10.3. The van der Waals surface area contributed by atoms with Crippen LogP contribution in [0.3, 0.4) is 0 Å². The van der Waals surface area contributed by atoms with Gasteiger partial charge in [-0.1, -0.05) is 11.3 Å². The number of hydrogen-bond acceptors (Lipinski definition) is 6. The maximum Gasteiger partial charge on any atom is 0.205 e. The number of ether oxygens (including phenoxy) is 1. The van der Waals surface area contributed by atoms with E-state index in [0.717, 1.165) is 42.7 Å². The Morgan fingerprint density at radius 3 is 3.12 bits per heavy atom. The molecule has 0 radical (unpaired) electrons. The highest BCUT2D eigenvalue weighted by molar-refractivity contribution is 7.15. The summed E-state index contributed by atoms with van der Waals surface area (Å²) >= 11 is 1.64. The molecule has 1 aromatic rings. The second-order valence-corrected chi connectivity index (χ2v) is 4.97. The molecule has 1 aliphatic heterocycles. The summed E-state index contributed by atoms with van der Waals surface area (Å²) in [5.74, 6) is 0. The van der Waals surface area contributed by atoms with Crippen molar-refractivity contribution < 1.29 is 4.74 Å². The van der Waals surface area contributed by atoms with Crippen LogP contribution in [0.15, 0.2) is 0 Å². The van der Waals surface area contributed by atoms with Crippen molar-refractivity contribution in [2.75, 3.05) is 32.1 Å². The molecule has 0 aromatic carbocycles. The molecule has 1 aromatic heterocycles. The quantitative estimate of drug-likeness (QED) is 0.840. The normalized spacial score (nSPS) is 21.5. The molecule has 6 heteroatoms. The Kier molecular flexibility index (Phi) is 4.09. The van der Waals surface area contributed by atoms with Gasteiger partial charge in [0.2, 0.25) is 5.13 Å². The second-order valence-electron chi connectivity index (χ2n) is 3.91. The Bertz CT molecular complexity index is 330. The van der Waals surface area contributed by atoms with Gasteiger partial charge < -0.3 is 10.1 Å². The smallest absolute Gasteiger partial charge is 0.205 e. The van der Waals surface area contributed by atoms with Crippen LogP contribution >= 0.6 is 11.3 Å². The van der Waals surface area contributed by atoms with Crippen LogP contribution in [0, 0.1) is 0 Å². The highest BCUT2D eigenvalue weighted by atomic mass is 32.1. The number of methoxy groups -OCH3 is 1. The molecule has 1 atom stereocenters. The van der Waals surface area contributed by atoms with Gasteiger partial charge in [0.05, 0.1) is 12.6 Å². The van der Waals surface area contributed by atoms with E-state index in [1.165, 1.54) is 0 Å². The van der Waals surface area contributed by atoms with Crippen LogP contribution in [0.1, 0.15) is 18.4 Å². The summed E-state index contributed by atoms with van der Waals surface area (Å²) in [5.41, 5.74) is 0. The SMILES string of the molecule is CCNc1nnc(CN2CCC(OC)C2)s1. The van der Waals surface area contributed by atoms with Gasteiger partial charge in [-0.2, -0.15) is 0 Å². The van der Waals surface area contributed by atoms with Crippen LogP contribution < -0.4 is 5.32 Å². The molecule has 2 rings (SSSR count). The first-order chi connectivity index (χ1) is 7.81. The first-order valence-corrected chi connectivity index (χ1v) is 6.45. The lowest BCUT2D eigenvalue weighted by Gasteiger charge is -2.12. The summed E-state index contributed by atoms with van der Waals surface area (Å²) in [4.78, 5) is 2.37. The fourth-order valence-corrected chi connectivity index (χ4v) is 2.71. The fourth-order valence-electron chi connectivity index (χ4n) is 1.86. The van der Waals surface area contributed by atoms with E-state index >= 15 is 0 Å². The predicted octanol–water partition coefficient (Wildman–Crippen LogP) is 1.19. The van der Waals surface area contributed by atoms with Crippen LogP contribution in [0.2, 0.25) is 0 Å². The van der Waals surface area contributed by atoms with E-state index in [9.17, 15) is 0 Å². The van der Waals surface area contributed by atoms with Gasteiger partial charge in [-0.3, -0.25) is 4.90 Å². The number of nitrogens with zero attached hydrogens (tertiary/aromatic N) is 3. The summed E-state index contributed by atoms with van der Waals surface area (Å²) in [6.07, 6.45) is 1.51. The molecule has 1 aliphatic rings. The number of hydrogen-bond donors (Lipinski definition) is 1. The molecule has 0 bridgehead atoms. The van der Waals surface area contributed by atoms with E-state index in [-0.39, 0.29) is 0 Å². The van der Waals surface area contributed by atoms with Crippen LogP contribution in [-0.4, -0.2) is 47.9 Å². The van der Waals surface area contributed by atoms with Crippen LogP contribution in [-0.2, 0) is 11.3 Å². The molecule has 0 aliphatic carbocycles. The summed E-state index contributed by atoms with van der Waals surface area (Å²) < 4.78 is 5.34. The molecule has 2 heterocycles. The molecule has 0 amide bonds. The van der Waals surface area contributed by atoms with E-state index in [1.54, 1.807) is 18.4 Å². The van der Waals surface area contributed by atoms with Gasteiger partial charge in [-0.25, -0.2) is 0 Å². The zero-order chi connectivity index (χ0) is 11.4. The lowest BCUT2D eigenvalue weighted by Crippen LogP contribution is -2.22. The molecule has 0 spiro atoms. The van der Waals surface area contributed by atoms with Gasteiger partial charge in [0, 0.05) is 26.7 Å². The minimum absolute atomic E-state index is 0.390. The summed E-state index contributed by atoms with van der Waals surface area (Å²) in [5, 5.41) is 13.4. The maximum atomic E-state index is 5.34. The Morgan fingerprint density at radius 1 is 1.56 bits per heavy atom. The Morgan fingerprint density at radius 2 is 2.44 bits per heavy atom. The number of anilines is 1. The molecule has 90 valence electrons. The van der Waals surface area contributed by atoms with Gasteiger partial charge in [0.15, 0.2) is 0 Å². The number of likely N-dealkylation sites (tertiary alicyclic amines) is 1. The molecule has 1 saturated heterocycles. The van der Waals surface area contributed by atoms with Crippen molar-refractivity contribution in [3.8, 4) is 0 Å². The molecule has 1 unspecified atom stereocenters. The van der Waals surface area contributed by atoms with Crippen molar-refractivity contribution >= 4 is 16.5 Å². The lowest BCUT2D eigenvalue weighted by molar-refractivity contribution is 0.107. The van der Waals surface area contributed by atoms with E-state index in [2.05, 4.69) is 27.3 Å². The average Bonchev–Trinajstić information content (AvgIpc) is 2.89. The molecule has 0 saturated carbocycles. The number of aromatic nitrogens is 2. The molecular formula is C10H18N4OS. The minimum atomic E-state index is 0.390. The zero-order valence-electron chi connectivity index (χ0n) is 9.77. The van der Waals surface area contributed by atoms with E-state index in [1.807, 2.05) is 0 Å². The second kappa shape index (κ2) is 5.56. The first-order valence-electron chi connectivity index (χ1n) is 5.63. The Balaban J connectivity index is 1.84. The Hall–Kier alpha value is -0.720. The molecule has 1 fully saturated rings. The van der Waals surface area contributed by atoms with Gasteiger partial charge in [-0.05, 0) is 13.3 Å². The molecule has 5 nitrogen and oxygen atoms in total. The van der Waals surface area contributed by atoms with Crippen molar-refractivity contribution in [2.45, 2.75) is 26.0 Å². The highest BCUT2D eigenvalue weighted by Crippen LogP contribution is 2.19. The first kappa shape index (κ1) is 11.8. The van der Waals surface area contributed by atoms with Gasteiger partial charge in [-0.15, -0.1) is 10.2 Å². The zero-order valence-corrected chi connectivity index (χ0v) is 10.6. The summed E-state index contributed by atoms with van der Waals surface area (Å²) in [6.45, 7) is 5.94. The van der Waals surface area contributed by atoms with Gasteiger partial charge in [0.25, 0.3) is 0 Å². The third kappa shape index (κ3) is 2.90. The van der Waals surface area contributed by atoms with Crippen LogP contribution in [0.4, 0.5) is 5.13 Å². The van der Waals surface area contributed by atoms with Crippen LogP contribution in [0.25, 0.3) is 0 Å². The maximum absolute atomic E-state index is 5.34. The average molecular weight is 242 g/mol. The number of rotatable bonds is 5. The third-order valence-corrected chi connectivity index (χ3v) is 3.58. The van der Waals surface area contributed by atoms with Gasteiger partial charge in [0.1, 0.15) is 5.01 Å². The van der Waals surface area contributed by atoms with E-state index < -0.39 is 0 Å². The van der Waals surface area contributed by atoms with Crippen LogP contribution in [0.5, 0.6) is 0 Å². The van der Waals surface area contributed by atoms with Crippen molar-refractivity contribution in [1.82, 2.24) is 15.1 Å². The van der Waals surface area contributed by atoms with Crippen molar-refractivity contribution in [3.05, 3.63) is 5.01 Å². The molecule has 16 heavy (non-hydrogen) atoms. The largest absolute Gasteiger partial charge is 0.380 e. The highest BCUT2D eigenvalue weighted by Gasteiger charge is 2.22. The fraction of sp³-hybridized carbons (Fsp3) is 0.800. The predicted molar refractivity (Wildman–Crippen MR) is 64.8 cm³/mol. The van der Waals surface area contributed by atoms with Crippen molar-refractivity contribution in [3.63, 3.8) is 0 Å². The van der Waals surface area contributed by atoms with Crippen molar-refractivity contribution in [2.24, 2.45) is 0 Å². The van der Waals surface area contributed by atoms with Crippen molar-refractivity contribution in [1.29, 1.82) is 0 Å². The molecule has 1 N–H and O–H groups in total. The minimum Gasteiger partial charge on any atom is -0.380 e. The standard InChI is InChI=1S/C10H18N4OS/c1-3-11-10-13-12-9(16-10)7-14-5-4-8(6-14)15-2/h8H,3-7H2,1-2H3,(H,11,13). The summed E-state index contributed by atoms with van der Waals surface area (Å²) in [7, 11) is 1.78. The summed E-state index contributed by atoms with van der Waals surface area (Å²) in [6, 6.07) is 0. The molecular weight excluding hydrogens is 224 g/mol. The topological polar surface area (TPSA) is 50.3 Å². The van der Waals surface area contributed by atoms with E-state index in [4.69, 9.17) is 4.74 Å². The van der Waals surface area contributed by atoms with Gasteiger partial charge >= 0.3 is 0 Å². The Labute approximate surface area is 99.8 Å². The number of nitrogens with one attached hydrogen (secondary N) is 1. The monoisotopic (exact) mass is 242 g/mol. The van der Waals surface area contributed by atoms with E-state index in [0.29, 0.717) is 6.10 Å². The third-order valence-electron chi connectivity index (χ3n) is 2.72.